The fraction of sp³-hybridized carbons (Fsp3) is 0.381. The molecule has 1 aliphatic heterocycles. The Morgan fingerprint density at radius 3 is 2.54 bits per heavy atom. The van der Waals surface area contributed by atoms with Gasteiger partial charge in [0.2, 0.25) is 0 Å². The van der Waals surface area contributed by atoms with Crippen molar-refractivity contribution < 1.29 is 9.47 Å². The molecule has 0 amide bonds. The Hall–Kier alpha value is -2.53. The normalized spacial score (nSPS) is 17.2. The van der Waals surface area contributed by atoms with Crippen molar-refractivity contribution >= 4 is 5.96 Å². The van der Waals surface area contributed by atoms with Crippen molar-refractivity contribution in [3.63, 3.8) is 0 Å². The van der Waals surface area contributed by atoms with Gasteiger partial charge in [0, 0.05) is 39.7 Å². The van der Waals surface area contributed by atoms with E-state index in [1.807, 2.05) is 49.5 Å². The van der Waals surface area contributed by atoms with Crippen LogP contribution in [0.4, 0.5) is 0 Å². The summed E-state index contributed by atoms with van der Waals surface area (Å²) in [6, 6.07) is 17.9. The lowest BCUT2D eigenvalue weighted by Crippen LogP contribution is -2.41. The van der Waals surface area contributed by atoms with Gasteiger partial charge < -0.3 is 19.7 Å². The van der Waals surface area contributed by atoms with E-state index in [1.54, 1.807) is 0 Å². The highest BCUT2D eigenvalue weighted by molar-refractivity contribution is 5.79. The predicted molar refractivity (Wildman–Crippen MR) is 105 cm³/mol. The number of para-hydroxylation sites is 1. The predicted octanol–water partition coefficient (Wildman–Crippen LogP) is 3.52. The minimum atomic E-state index is 0.591. The van der Waals surface area contributed by atoms with Crippen molar-refractivity contribution in [1.82, 2.24) is 10.2 Å². The largest absolute Gasteiger partial charge is 0.457 e. The van der Waals surface area contributed by atoms with E-state index < -0.39 is 0 Å². The van der Waals surface area contributed by atoms with Gasteiger partial charge in [-0.15, -0.1) is 0 Å². The summed E-state index contributed by atoms with van der Waals surface area (Å²) in [5, 5.41) is 3.42. The second kappa shape index (κ2) is 9.25. The molecule has 3 rings (SSSR count). The molecule has 1 saturated heterocycles. The number of nitrogens with one attached hydrogen (secondary N) is 1. The van der Waals surface area contributed by atoms with Crippen LogP contribution in [-0.2, 0) is 11.3 Å². The van der Waals surface area contributed by atoms with Crippen LogP contribution >= 0.6 is 0 Å². The summed E-state index contributed by atoms with van der Waals surface area (Å²) in [5.74, 6) is 3.17. The lowest BCUT2D eigenvalue weighted by atomic mass is 10.1. The molecule has 1 aliphatic rings. The van der Waals surface area contributed by atoms with E-state index in [1.165, 1.54) is 5.56 Å². The second-order valence-corrected chi connectivity index (χ2v) is 6.57. The molecular formula is C21H27N3O2. The highest BCUT2D eigenvalue weighted by Gasteiger charge is 2.18. The first-order valence-electron chi connectivity index (χ1n) is 9.06. The summed E-state index contributed by atoms with van der Waals surface area (Å²) in [5.41, 5.74) is 1.18. The number of aliphatic imine (C=N–C) groups is 1. The Bertz CT molecular complexity index is 695. The third-order valence-corrected chi connectivity index (χ3v) is 4.48. The summed E-state index contributed by atoms with van der Waals surface area (Å²) in [4.78, 5) is 6.56. The van der Waals surface area contributed by atoms with Gasteiger partial charge in [0.1, 0.15) is 11.5 Å². The minimum absolute atomic E-state index is 0.591. The number of rotatable bonds is 6. The van der Waals surface area contributed by atoms with E-state index in [9.17, 15) is 0 Å². The van der Waals surface area contributed by atoms with Gasteiger partial charge in [0.15, 0.2) is 5.96 Å². The molecule has 1 fully saturated rings. The van der Waals surface area contributed by atoms with Crippen LogP contribution in [0.2, 0.25) is 0 Å². The molecule has 0 saturated carbocycles. The Labute approximate surface area is 155 Å². The van der Waals surface area contributed by atoms with Crippen LogP contribution in [0, 0.1) is 5.92 Å². The van der Waals surface area contributed by atoms with Gasteiger partial charge in [-0.3, -0.25) is 4.99 Å². The third kappa shape index (κ3) is 5.23. The van der Waals surface area contributed by atoms with Crippen LogP contribution in [0.3, 0.4) is 0 Å². The van der Waals surface area contributed by atoms with Gasteiger partial charge in [-0.1, -0.05) is 30.3 Å². The van der Waals surface area contributed by atoms with Gasteiger partial charge in [-0.05, 0) is 36.2 Å². The zero-order valence-electron chi connectivity index (χ0n) is 15.5. The molecular weight excluding hydrogens is 326 g/mol. The fourth-order valence-electron chi connectivity index (χ4n) is 3.07. The van der Waals surface area contributed by atoms with Crippen molar-refractivity contribution in [2.45, 2.75) is 13.0 Å². The first-order valence-corrected chi connectivity index (χ1v) is 9.06. The molecule has 0 spiro atoms. The molecule has 1 unspecified atom stereocenters. The summed E-state index contributed by atoms with van der Waals surface area (Å²) in [6.07, 6.45) is 1.13. The summed E-state index contributed by atoms with van der Waals surface area (Å²) < 4.78 is 11.3. The SMILES string of the molecule is CN=C(NCc1ccc(Oc2ccccc2)cc1)N(C)CC1CCOC1. The maximum absolute atomic E-state index is 5.83. The van der Waals surface area contributed by atoms with Crippen LogP contribution in [-0.4, -0.2) is 44.7 Å². The van der Waals surface area contributed by atoms with Crippen LogP contribution < -0.4 is 10.1 Å². The second-order valence-electron chi connectivity index (χ2n) is 6.57. The topological polar surface area (TPSA) is 46.1 Å². The highest BCUT2D eigenvalue weighted by Crippen LogP contribution is 2.21. The van der Waals surface area contributed by atoms with Crippen LogP contribution in [0.25, 0.3) is 0 Å². The van der Waals surface area contributed by atoms with Gasteiger partial charge in [-0.2, -0.15) is 0 Å². The quantitative estimate of drug-likeness (QED) is 0.637. The van der Waals surface area contributed by atoms with E-state index in [0.29, 0.717) is 5.92 Å². The van der Waals surface area contributed by atoms with Gasteiger partial charge in [-0.25, -0.2) is 0 Å². The standard InChI is InChI=1S/C21H27N3O2/c1-22-21(24(2)15-18-12-13-25-16-18)23-14-17-8-10-20(11-9-17)26-19-6-4-3-5-7-19/h3-11,18H,12-16H2,1-2H3,(H,22,23). The van der Waals surface area contributed by atoms with E-state index in [0.717, 1.165) is 50.2 Å². The van der Waals surface area contributed by atoms with Crippen molar-refractivity contribution in [3.8, 4) is 11.5 Å². The summed E-state index contributed by atoms with van der Waals surface area (Å²) in [6.45, 7) is 3.42. The lowest BCUT2D eigenvalue weighted by molar-refractivity contribution is 0.181. The summed E-state index contributed by atoms with van der Waals surface area (Å²) >= 11 is 0. The monoisotopic (exact) mass is 353 g/mol. The number of nitrogens with zero attached hydrogens (tertiary/aromatic N) is 2. The number of benzene rings is 2. The molecule has 0 aliphatic carbocycles. The first kappa shape index (κ1) is 18.3. The van der Waals surface area contributed by atoms with E-state index in [-0.39, 0.29) is 0 Å². The molecule has 0 aromatic heterocycles. The zero-order valence-corrected chi connectivity index (χ0v) is 15.5. The molecule has 0 radical (unpaired) electrons. The van der Waals surface area contributed by atoms with Gasteiger partial charge in [0.25, 0.3) is 0 Å². The molecule has 0 bridgehead atoms. The molecule has 2 aromatic rings. The Morgan fingerprint density at radius 1 is 1.15 bits per heavy atom. The van der Waals surface area contributed by atoms with Crippen LogP contribution in [0.1, 0.15) is 12.0 Å². The third-order valence-electron chi connectivity index (χ3n) is 4.48. The number of hydrogen-bond donors (Lipinski definition) is 1. The number of ether oxygens (including phenoxy) is 2. The van der Waals surface area contributed by atoms with Gasteiger partial charge >= 0.3 is 0 Å². The van der Waals surface area contributed by atoms with Crippen LogP contribution in [0.5, 0.6) is 11.5 Å². The molecule has 26 heavy (non-hydrogen) atoms. The van der Waals surface area contributed by atoms with E-state index >= 15 is 0 Å². The maximum Gasteiger partial charge on any atom is 0.193 e. The van der Waals surface area contributed by atoms with Gasteiger partial charge in [0.05, 0.1) is 6.61 Å². The zero-order chi connectivity index (χ0) is 18.2. The van der Waals surface area contributed by atoms with Crippen LogP contribution in [0.15, 0.2) is 59.6 Å². The fourth-order valence-corrected chi connectivity index (χ4v) is 3.07. The maximum atomic E-state index is 5.83. The Morgan fingerprint density at radius 2 is 1.88 bits per heavy atom. The average molecular weight is 353 g/mol. The minimum Gasteiger partial charge on any atom is -0.457 e. The molecule has 1 N–H and O–H groups in total. The Balaban J connectivity index is 1.50. The lowest BCUT2D eigenvalue weighted by Gasteiger charge is -2.24. The van der Waals surface area contributed by atoms with Crippen molar-refractivity contribution in [2.24, 2.45) is 10.9 Å². The molecule has 1 atom stereocenters. The molecule has 1 heterocycles. The first-order chi connectivity index (χ1) is 12.7. The molecule has 138 valence electrons. The van der Waals surface area contributed by atoms with Crippen molar-refractivity contribution in [1.29, 1.82) is 0 Å². The summed E-state index contributed by atoms with van der Waals surface area (Å²) in [7, 11) is 3.89. The Kier molecular flexibility index (Phi) is 6.50. The number of hydrogen-bond acceptors (Lipinski definition) is 3. The van der Waals surface area contributed by atoms with Crippen molar-refractivity contribution in [3.05, 3.63) is 60.2 Å². The average Bonchev–Trinajstić information content (AvgIpc) is 3.17. The van der Waals surface area contributed by atoms with E-state index in [2.05, 4.69) is 34.4 Å². The van der Waals surface area contributed by atoms with E-state index in [4.69, 9.17) is 9.47 Å². The molecule has 5 heteroatoms. The smallest absolute Gasteiger partial charge is 0.193 e. The highest BCUT2D eigenvalue weighted by atomic mass is 16.5. The van der Waals surface area contributed by atoms with Crippen molar-refractivity contribution in [2.75, 3.05) is 33.9 Å². The number of guanidine groups is 1. The molecule has 5 nitrogen and oxygen atoms in total. The molecule has 2 aromatic carbocycles.